The zero-order valence-corrected chi connectivity index (χ0v) is 19.4. The summed E-state index contributed by atoms with van der Waals surface area (Å²) >= 11 is 0. The number of benzene rings is 2. The van der Waals surface area contributed by atoms with E-state index in [1.807, 2.05) is 58.3 Å². The molecule has 0 aliphatic carbocycles. The van der Waals surface area contributed by atoms with Crippen molar-refractivity contribution in [1.82, 2.24) is 20.0 Å². The number of para-hydroxylation sites is 1. The van der Waals surface area contributed by atoms with Gasteiger partial charge in [0.2, 0.25) is 5.91 Å². The van der Waals surface area contributed by atoms with Gasteiger partial charge in [-0.1, -0.05) is 18.2 Å². The van der Waals surface area contributed by atoms with E-state index in [9.17, 15) is 14.4 Å². The monoisotopic (exact) mass is 459 g/mol. The smallest absolute Gasteiger partial charge is 0.274 e. The van der Waals surface area contributed by atoms with Crippen LogP contribution in [0.4, 0.5) is 5.69 Å². The number of ketones is 1. The molecule has 2 aliphatic heterocycles. The highest BCUT2D eigenvalue weighted by Crippen LogP contribution is 2.25. The van der Waals surface area contributed by atoms with E-state index >= 15 is 0 Å². The number of nitrogens with one attached hydrogen (secondary N) is 1. The molecule has 3 heterocycles. The van der Waals surface area contributed by atoms with Crippen molar-refractivity contribution in [2.24, 2.45) is 5.92 Å². The lowest BCUT2D eigenvalue weighted by Gasteiger charge is -2.39. The van der Waals surface area contributed by atoms with Gasteiger partial charge in [0.1, 0.15) is 0 Å². The van der Waals surface area contributed by atoms with E-state index in [0.717, 1.165) is 29.7 Å². The highest BCUT2D eigenvalue weighted by molar-refractivity contribution is 6.04. The van der Waals surface area contributed by atoms with Gasteiger partial charge in [0, 0.05) is 61.8 Å². The van der Waals surface area contributed by atoms with Gasteiger partial charge in [0.15, 0.2) is 11.5 Å². The quantitative estimate of drug-likeness (QED) is 0.606. The number of anilines is 1. The molecule has 2 amide bonds. The van der Waals surface area contributed by atoms with Crippen LogP contribution in [0.1, 0.15) is 40.6 Å². The first-order valence-corrected chi connectivity index (χ1v) is 11.9. The number of nitrogens with zero attached hydrogens (tertiary/aromatic N) is 4. The van der Waals surface area contributed by atoms with Crippen molar-refractivity contribution >= 4 is 34.2 Å². The Hall–Kier alpha value is -3.68. The Labute approximate surface area is 198 Å². The molecule has 3 aromatic rings. The van der Waals surface area contributed by atoms with Crippen LogP contribution in [-0.4, -0.2) is 76.9 Å². The minimum Gasteiger partial charge on any atom is -0.368 e. The Morgan fingerprint density at radius 2 is 1.53 bits per heavy atom. The largest absolute Gasteiger partial charge is 0.368 e. The molecule has 0 unspecified atom stereocenters. The minimum absolute atomic E-state index is 0.0404. The summed E-state index contributed by atoms with van der Waals surface area (Å²) in [6.45, 7) is 5.62. The molecule has 0 spiro atoms. The second-order valence-corrected chi connectivity index (χ2v) is 9.10. The van der Waals surface area contributed by atoms with Crippen LogP contribution in [-0.2, 0) is 4.79 Å². The number of piperidine rings is 1. The average Bonchev–Trinajstić information content (AvgIpc) is 3.32. The van der Waals surface area contributed by atoms with E-state index in [2.05, 4.69) is 15.1 Å². The second kappa shape index (κ2) is 9.29. The maximum Gasteiger partial charge on any atom is 0.274 e. The lowest BCUT2D eigenvalue weighted by Crippen LogP contribution is -2.52. The Morgan fingerprint density at radius 3 is 2.21 bits per heavy atom. The number of aromatic nitrogens is 2. The maximum atomic E-state index is 13.1. The second-order valence-electron chi connectivity index (χ2n) is 9.10. The van der Waals surface area contributed by atoms with Gasteiger partial charge in [0.25, 0.3) is 5.91 Å². The highest BCUT2D eigenvalue weighted by Gasteiger charge is 2.33. The number of hydrogen-bond donors (Lipinski definition) is 1. The normalized spacial score (nSPS) is 17.3. The standard InChI is InChI=1S/C26H29N5O3/c1-18(32)19-6-8-21(9-7-19)29-14-16-31(17-15-29)25(33)20-10-12-30(13-11-20)26(34)24-22-4-2-3-5-23(22)27-28-24/h2-9,20H,10-17H2,1H3,(H,27,28). The van der Waals surface area contributed by atoms with Gasteiger partial charge < -0.3 is 14.7 Å². The lowest BCUT2D eigenvalue weighted by atomic mass is 9.94. The summed E-state index contributed by atoms with van der Waals surface area (Å²) in [5.41, 5.74) is 3.09. The van der Waals surface area contributed by atoms with Gasteiger partial charge >= 0.3 is 0 Å². The van der Waals surface area contributed by atoms with E-state index in [-0.39, 0.29) is 23.5 Å². The number of aromatic amines is 1. The number of hydrogen-bond acceptors (Lipinski definition) is 5. The topological polar surface area (TPSA) is 89.6 Å². The summed E-state index contributed by atoms with van der Waals surface area (Å²) in [6, 6.07) is 15.3. The Morgan fingerprint density at radius 1 is 0.853 bits per heavy atom. The zero-order valence-electron chi connectivity index (χ0n) is 19.4. The fourth-order valence-electron chi connectivity index (χ4n) is 4.96. The van der Waals surface area contributed by atoms with E-state index in [0.29, 0.717) is 50.3 Å². The molecule has 1 N–H and O–H groups in total. The van der Waals surface area contributed by atoms with Crippen LogP contribution < -0.4 is 4.90 Å². The highest BCUT2D eigenvalue weighted by atomic mass is 16.2. The van der Waals surface area contributed by atoms with Crippen molar-refractivity contribution in [3.63, 3.8) is 0 Å². The van der Waals surface area contributed by atoms with Crippen LogP contribution in [0.3, 0.4) is 0 Å². The predicted molar refractivity (Wildman–Crippen MR) is 130 cm³/mol. The first kappa shape index (κ1) is 22.1. The molecule has 1 aromatic heterocycles. The van der Waals surface area contributed by atoms with Gasteiger partial charge in [-0.25, -0.2) is 0 Å². The van der Waals surface area contributed by atoms with Crippen molar-refractivity contribution in [1.29, 1.82) is 0 Å². The molecule has 0 saturated carbocycles. The third-order valence-corrected chi connectivity index (χ3v) is 7.03. The summed E-state index contributed by atoms with van der Waals surface area (Å²) in [6.07, 6.45) is 1.36. The van der Waals surface area contributed by atoms with Crippen LogP contribution in [0, 0.1) is 5.92 Å². The van der Waals surface area contributed by atoms with E-state index < -0.39 is 0 Å². The molecule has 8 nitrogen and oxygen atoms in total. The first-order chi connectivity index (χ1) is 16.5. The number of fused-ring (bicyclic) bond motifs is 1. The summed E-state index contributed by atoms with van der Waals surface area (Å²) < 4.78 is 0. The number of carbonyl (C=O) groups excluding carboxylic acids is 3. The predicted octanol–water partition coefficient (Wildman–Crippen LogP) is 2.97. The SMILES string of the molecule is CC(=O)c1ccc(N2CCN(C(=O)C3CCN(C(=O)c4n[nH]c5ccccc45)CC3)CC2)cc1. The van der Waals surface area contributed by atoms with E-state index in [1.165, 1.54) is 0 Å². The van der Waals surface area contributed by atoms with E-state index in [4.69, 9.17) is 0 Å². The molecule has 0 bridgehead atoms. The van der Waals surface area contributed by atoms with Crippen LogP contribution in [0.25, 0.3) is 10.9 Å². The molecule has 2 saturated heterocycles. The van der Waals surface area contributed by atoms with Crippen molar-refractivity contribution in [3.05, 3.63) is 59.8 Å². The molecule has 0 atom stereocenters. The molecule has 5 rings (SSSR count). The Kier molecular flexibility index (Phi) is 6.04. The zero-order chi connectivity index (χ0) is 23.7. The number of carbonyl (C=O) groups is 3. The molecule has 176 valence electrons. The number of piperazine rings is 1. The van der Waals surface area contributed by atoms with Crippen LogP contribution in [0.15, 0.2) is 48.5 Å². The van der Waals surface area contributed by atoms with Crippen molar-refractivity contribution in [3.8, 4) is 0 Å². The Balaban J connectivity index is 1.13. The molecule has 2 fully saturated rings. The molecule has 2 aromatic carbocycles. The summed E-state index contributed by atoms with van der Waals surface area (Å²) in [7, 11) is 0. The average molecular weight is 460 g/mol. The van der Waals surface area contributed by atoms with Crippen molar-refractivity contribution in [2.75, 3.05) is 44.2 Å². The van der Waals surface area contributed by atoms with Crippen molar-refractivity contribution < 1.29 is 14.4 Å². The van der Waals surface area contributed by atoms with Crippen LogP contribution >= 0.6 is 0 Å². The number of amides is 2. The molecular formula is C26H29N5O3. The van der Waals surface area contributed by atoms with E-state index in [1.54, 1.807) is 6.92 Å². The summed E-state index contributed by atoms with van der Waals surface area (Å²) in [5.74, 6) is 0.144. The molecule has 0 radical (unpaired) electrons. The molecule has 2 aliphatic rings. The fraction of sp³-hybridized carbons (Fsp3) is 0.385. The lowest BCUT2D eigenvalue weighted by molar-refractivity contribution is -0.137. The first-order valence-electron chi connectivity index (χ1n) is 11.9. The maximum absolute atomic E-state index is 13.1. The number of likely N-dealkylation sites (tertiary alicyclic amines) is 1. The third-order valence-electron chi connectivity index (χ3n) is 7.03. The van der Waals surface area contributed by atoms with Gasteiger partial charge in [-0.15, -0.1) is 0 Å². The number of Topliss-reactive ketones (excluding diaryl/α,β-unsaturated/α-hetero) is 1. The van der Waals surface area contributed by atoms with Gasteiger partial charge in [-0.2, -0.15) is 5.10 Å². The third kappa shape index (κ3) is 4.27. The fourth-order valence-corrected chi connectivity index (χ4v) is 4.96. The molecule has 34 heavy (non-hydrogen) atoms. The van der Waals surface area contributed by atoms with Gasteiger partial charge in [-0.3, -0.25) is 19.5 Å². The van der Waals surface area contributed by atoms with Crippen LogP contribution in [0.2, 0.25) is 0 Å². The summed E-state index contributed by atoms with van der Waals surface area (Å²) in [5, 5.41) is 7.99. The Bertz CT molecular complexity index is 1200. The number of rotatable bonds is 4. The molecular weight excluding hydrogens is 430 g/mol. The number of H-pyrrole nitrogens is 1. The summed E-state index contributed by atoms with van der Waals surface area (Å²) in [4.78, 5) is 43.7. The molecule has 8 heteroatoms. The van der Waals surface area contributed by atoms with Gasteiger partial charge in [-0.05, 0) is 50.1 Å². The van der Waals surface area contributed by atoms with Crippen molar-refractivity contribution in [2.45, 2.75) is 19.8 Å². The van der Waals surface area contributed by atoms with Crippen LogP contribution in [0.5, 0.6) is 0 Å². The van der Waals surface area contributed by atoms with Gasteiger partial charge in [0.05, 0.1) is 5.52 Å². The minimum atomic E-state index is -0.0762.